The Labute approximate surface area is 168 Å². The number of aromatic nitrogens is 4. The van der Waals surface area contributed by atoms with Crippen molar-refractivity contribution in [3.8, 4) is 11.4 Å². The summed E-state index contributed by atoms with van der Waals surface area (Å²) in [6.45, 7) is 4.75. The van der Waals surface area contributed by atoms with Gasteiger partial charge in [0, 0.05) is 30.2 Å². The van der Waals surface area contributed by atoms with Crippen LogP contribution in [0.5, 0.6) is 0 Å². The number of benzene rings is 1. The number of anilines is 2. The zero-order valence-corrected chi connectivity index (χ0v) is 16.2. The summed E-state index contributed by atoms with van der Waals surface area (Å²) in [7, 11) is 0. The fourth-order valence-electron chi connectivity index (χ4n) is 3.57. The molecule has 0 saturated carbocycles. The van der Waals surface area contributed by atoms with E-state index in [-0.39, 0.29) is 11.9 Å². The maximum Gasteiger partial charge on any atom is 0.247 e. The quantitative estimate of drug-likeness (QED) is 0.734. The van der Waals surface area contributed by atoms with Crippen molar-refractivity contribution in [1.29, 1.82) is 0 Å². The van der Waals surface area contributed by atoms with Crippen LogP contribution in [0.2, 0.25) is 0 Å². The topological polar surface area (TPSA) is 83.9 Å². The van der Waals surface area contributed by atoms with Crippen molar-refractivity contribution in [2.45, 2.75) is 26.3 Å². The molecule has 2 aromatic heterocycles. The van der Waals surface area contributed by atoms with Gasteiger partial charge in [-0.25, -0.2) is 24.3 Å². The van der Waals surface area contributed by atoms with Crippen molar-refractivity contribution in [1.82, 2.24) is 19.9 Å². The van der Waals surface area contributed by atoms with Gasteiger partial charge in [-0.3, -0.25) is 4.79 Å². The first-order valence-corrected chi connectivity index (χ1v) is 9.44. The molecule has 7 nitrogen and oxygen atoms in total. The average Bonchev–Trinajstić information content (AvgIpc) is 3.13. The van der Waals surface area contributed by atoms with Gasteiger partial charge in [-0.15, -0.1) is 0 Å². The second-order valence-electron chi connectivity index (χ2n) is 7.30. The van der Waals surface area contributed by atoms with E-state index in [1.165, 1.54) is 0 Å². The van der Waals surface area contributed by atoms with Crippen molar-refractivity contribution >= 4 is 17.5 Å². The number of amides is 1. The van der Waals surface area contributed by atoms with E-state index in [0.717, 1.165) is 36.5 Å². The molecule has 29 heavy (non-hydrogen) atoms. The van der Waals surface area contributed by atoms with Gasteiger partial charge in [0.25, 0.3) is 0 Å². The predicted octanol–water partition coefficient (Wildman–Crippen LogP) is 3.23. The van der Waals surface area contributed by atoms with E-state index in [1.54, 1.807) is 18.5 Å². The lowest BCUT2D eigenvalue weighted by Crippen LogP contribution is -2.40. The van der Waals surface area contributed by atoms with E-state index in [1.807, 2.05) is 30.0 Å². The van der Waals surface area contributed by atoms with Gasteiger partial charge in [0.15, 0.2) is 11.6 Å². The molecule has 1 fully saturated rings. The van der Waals surface area contributed by atoms with E-state index >= 15 is 0 Å². The van der Waals surface area contributed by atoms with Gasteiger partial charge in [-0.2, -0.15) is 0 Å². The van der Waals surface area contributed by atoms with Crippen molar-refractivity contribution in [3.63, 3.8) is 0 Å². The third kappa shape index (κ3) is 4.06. The molecule has 4 rings (SSSR count). The second kappa shape index (κ2) is 7.90. The van der Waals surface area contributed by atoms with Crippen LogP contribution in [-0.2, 0) is 4.79 Å². The summed E-state index contributed by atoms with van der Waals surface area (Å²) >= 11 is 0. The maximum absolute atomic E-state index is 13.1. The highest BCUT2D eigenvalue weighted by molar-refractivity contribution is 5.97. The fraction of sp³-hybridized carbons (Fsp3) is 0.286. The van der Waals surface area contributed by atoms with Crippen LogP contribution in [0.25, 0.3) is 11.4 Å². The zero-order valence-electron chi connectivity index (χ0n) is 16.2. The lowest BCUT2D eigenvalue weighted by Gasteiger charge is -2.23. The lowest BCUT2D eigenvalue weighted by molar-refractivity contribution is -0.117. The van der Waals surface area contributed by atoms with Gasteiger partial charge >= 0.3 is 0 Å². The van der Waals surface area contributed by atoms with Gasteiger partial charge in [0.05, 0.1) is 12.4 Å². The Kier molecular flexibility index (Phi) is 5.16. The number of hydrogen-bond donors (Lipinski definition) is 1. The molecule has 0 unspecified atom stereocenters. The van der Waals surface area contributed by atoms with E-state index < -0.39 is 5.82 Å². The number of rotatable bonds is 4. The Morgan fingerprint density at radius 3 is 2.62 bits per heavy atom. The molecule has 0 bridgehead atoms. The summed E-state index contributed by atoms with van der Waals surface area (Å²) in [6.07, 6.45) is 6.34. The largest absolute Gasteiger partial charge is 0.329 e. The van der Waals surface area contributed by atoms with Crippen LogP contribution in [0.4, 0.5) is 16.0 Å². The summed E-state index contributed by atoms with van der Waals surface area (Å²) in [4.78, 5) is 31.7. The van der Waals surface area contributed by atoms with Crippen LogP contribution in [-0.4, -0.2) is 38.4 Å². The number of nitrogens with one attached hydrogen (secondary N) is 1. The standard InChI is InChI=1S/C21H21FN6O/c1-13-8-18(28(12-13)21-23-6-3-7-24-21)20(29)27-16-5-4-14(2)17(9-16)19-25-10-15(22)11-26-19/h3-7,9-11,13,18H,8,12H2,1-2H3,(H,27,29)/t13-,18+/m0/s1. The van der Waals surface area contributed by atoms with E-state index in [4.69, 9.17) is 0 Å². The first-order valence-electron chi connectivity index (χ1n) is 9.44. The first-order chi connectivity index (χ1) is 14.0. The van der Waals surface area contributed by atoms with Crippen LogP contribution in [0.3, 0.4) is 0 Å². The monoisotopic (exact) mass is 392 g/mol. The number of halogens is 1. The van der Waals surface area contributed by atoms with Crippen LogP contribution < -0.4 is 10.2 Å². The normalized spacial score (nSPS) is 18.7. The molecule has 0 radical (unpaired) electrons. The minimum atomic E-state index is -0.491. The van der Waals surface area contributed by atoms with E-state index in [0.29, 0.717) is 23.4 Å². The first kappa shape index (κ1) is 18.9. The molecule has 3 aromatic rings. The van der Waals surface area contributed by atoms with Crippen molar-refractivity contribution < 1.29 is 9.18 Å². The fourth-order valence-corrected chi connectivity index (χ4v) is 3.57. The summed E-state index contributed by atoms with van der Waals surface area (Å²) in [5.41, 5.74) is 2.31. The highest BCUT2D eigenvalue weighted by Gasteiger charge is 2.36. The van der Waals surface area contributed by atoms with E-state index in [2.05, 4.69) is 32.2 Å². The molecule has 8 heteroatoms. The van der Waals surface area contributed by atoms with Crippen molar-refractivity contribution in [2.24, 2.45) is 5.92 Å². The van der Waals surface area contributed by atoms with Crippen LogP contribution in [0, 0.1) is 18.7 Å². The van der Waals surface area contributed by atoms with Crippen LogP contribution in [0.15, 0.2) is 49.1 Å². The van der Waals surface area contributed by atoms with Gasteiger partial charge in [0.2, 0.25) is 11.9 Å². The SMILES string of the molecule is Cc1ccc(NC(=O)[C@H]2C[C@H](C)CN2c2ncccn2)cc1-c1ncc(F)cn1. The van der Waals surface area contributed by atoms with Gasteiger partial charge in [-0.05, 0) is 43.0 Å². The van der Waals surface area contributed by atoms with Crippen LogP contribution >= 0.6 is 0 Å². The molecule has 1 aromatic carbocycles. The van der Waals surface area contributed by atoms with E-state index in [9.17, 15) is 9.18 Å². The summed E-state index contributed by atoms with van der Waals surface area (Å²) in [6, 6.07) is 6.93. The second-order valence-corrected chi connectivity index (χ2v) is 7.30. The maximum atomic E-state index is 13.1. The third-order valence-corrected chi connectivity index (χ3v) is 4.99. The Balaban J connectivity index is 1.56. The molecular weight excluding hydrogens is 371 g/mol. The minimum Gasteiger partial charge on any atom is -0.329 e. The molecule has 1 N–H and O–H groups in total. The number of nitrogens with zero attached hydrogens (tertiary/aromatic N) is 5. The highest BCUT2D eigenvalue weighted by atomic mass is 19.1. The molecule has 148 valence electrons. The predicted molar refractivity (Wildman–Crippen MR) is 108 cm³/mol. The Morgan fingerprint density at radius 1 is 1.17 bits per heavy atom. The van der Waals surface area contributed by atoms with Crippen LogP contribution in [0.1, 0.15) is 18.9 Å². The number of hydrogen-bond acceptors (Lipinski definition) is 6. The molecule has 1 aliphatic rings. The molecule has 0 spiro atoms. The summed E-state index contributed by atoms with van der Waals surface area (Å²) in [5.74, 6) is 0.719. The van der Waals surface area contributed by atoms with Crippen molar-refractivity contribution in [3.05, 3.63) is 60.4 Å². The molecule has 1 saturated heterocycles. The summed E-state index contributed by atoms with van der Waals surface area (Å²) in [5, 5.41) is 2.99. The van der Waals surface area contributed by atoms with Crippen molar-refractivity contribution in [2.75, 3.05) is 16.8 Å². The lowest BCUT2D eigenvalue weighted by atomic mass is 10.1. The molecule has 1 amide bonds. The number of carbonyl (C=O) groups is 1. The Bertz CT molecular complexity index is 1010. The highest BCUT2D eigenvalue weighted by Crippen LogP contribution is 2.28. The molecule has 1 aliphatic heterocycles. The average molecular weight is 392 g/mol. The zero-order chi connectivity index (χ0) is 20.4. The van der Waals surface area contributed by atoms with Gasteiger partial charge in [-0.1, -0.05) is 13.0 Å². The number of carbonyl (C=O) groups excluding carboxylic acids is 1. The molecule has 2 atom stereocenters. The molecular formula is C21H21FN6O. The molecule has 3 heterocycles. The Hall–Kier alpha value is -3.42. The minimum absolute atomic E-state index is 0.114. The van der Waals surface area contributed by atoms with Gasteiger partial charge in [0.1, 0.15) is 6.04 Å². The molecule has 0 aliphatic carbocycles. The summed E-state index contributed by atoms with van der Waals surface area (Å²) < 4.78 is 13.1. The third-order valence-electron chi connectivity index (χ3n) is 4.99. The number of aryl methyl sites for hydroxylation is 1. The van der Waals surface area contributed by atoms with Gasteiger partial charge < -0.3 is 10.2 Å². The Morgan fingerprint density at radius 2 is 1.90 bits per heavy atom. The smallest absolute Gasteiger partial charge is 0.247 e.